The highest BCUT2D eigenvalue weighted by molar-refractivity contribution is 5.94. The maximum Gasteiger partial charge on any atom is 0.251 e. The Morgan fingerprint density at radius 3 is 2.94 bits per heavy atom. The molecule has 0 bridgehead atoms. The third kappa shape index (κ3) is 2.70. The molecule has 16 heavy (non-hydrogen) atoms. The van der Waals surface area contributed by atoms with Crippen LogP contribution in [-0.4, -0.2) is 22.4 Å². The Labute approximate surface area is 99.3 Å². The van der Waals surface area contributed by atoms with Crippen LogP contribution in [0.4, 0.5) is 0 Å². The third-order valence-corrected chi connectivity index (χ3v) is 1.91. The lowest BCUT2D eigenvalue weighted by Crippen LogP contribution is -2.25. The van der Waals surface area contributed by atoms with Gasteiger partial charge in [-0.05, 0) is 12.1 Å². The fraction of sp³-hybridized carbons (Fsp3) is 0.167. The zero-order valence-electron chi connectivity index (χ0n) is 12.4. The summed E-state index contributed by atoms with van der Waals surface area (Å²) in [6.07, 6.45) is 0.00268. The number of aryl methyl sites for hydroxylation is 1. The Balaban J connectivity index is 2.21. The van der Waals surface area contributed by atoms with Gasteiger partial charge in [-0.15, -0.1) is 0 Å². The van der Waals surface area contributed by atoms with Gasteiger partial charge in [-0.2, -0.15) is 0 Å². The lowest BCUT2D eigenvalue weighted by Gasteiger charge is -2.03. The normalized spacial score (nSPS) is 15.5. The minimum atomic E-state index is -2.59. The van der Waals surface area contributed by atoms with E-state index in [1.807, 2.05) is 0 Å². The number of aromatic amines is 1. The van der Waals surface area contributed by atoms with Gasteiger partial charge in [0.25, 0.3) is 5.91 Å². The van der Waals surface area contributed by atoms with Crippen molar-refractivity contribution in [2.45, 2.75) is 6.37 Å². The standard InChI is InChI=1S/C12H13N3O/c16-12(10-4-2-1-3-5-10)14-7-6-11-8-13-9-15-11/h1-5,8-9H,6-7H2,(H,13,15)(H,14,16)/i6D2,7D2. The molecule has 1 aromatic carbocycles. The highest BCUT2D eigenvalue weighted by atomic mass is 16.1. The number of benzene rings is 1. The highest BCUT2D eigenvalue weighted by Gasteiger charge is 2.03. The number of nitrogens with zero attached hydrogens (tertiary/aromatic N) is 1. The molecule has 82 valence electrons. The summed E-state index contributed by atoms with van der Waals surface area (Å²) < 4.78 is 31.3. The smallest absolute Gasteiger partial charge is 0.251 e. The molecule has 1 amide bonds. The average molecular weight is 219 g/mol. The largest absolute Gasteiger partial charge is 0.352 e. The molecule has 4 nitrogen and oxygen atoms in total. The van der Waals surface area contributed by atoms with Gasteiger partial charge in [-0.1, -0.05) is 18.2 Å². The van der Waals surface area contributed by atoms with E-state index in [9.17, 15) is 4.79 Å². The highest BCUT2D eigenvalue weighted by Crippen LogP contribution is 1.98. The molecular formula is C12H13N3O. The van der Waals surface area contributed by atoms with Gasteiger partial charge in [-0.25, -0.2) is 4.98 Å². The lowest BCUT2D eigenvalue weighted by atomic mass is 10.2. The van der Waals surface area contributed by atoms with Crippen molar-refractivity contribution in [1.29, 1.82) is 0 Å². The van der Waals surface area contributed by atoms with Crippen LogP contribution in [0.3, 0.4) is 0 Å². The average Bonchev–Trinajstić information content (AvgIpc) is 2.93. The van der Waals surface area contributed by atoms with Gasteiger partial charge in [0, 0.05) is 35.8 Å². The number of rotatable bonds is 4. The Bertz CT molecular complexity index is 584. The summed E-state index contributed by atoms with van der Waals surface area (Å²) in [6.45, 7) is -2.59. The number of hydrogen-bond donors (Lipinski definition) is 2. The molecule has 0 saturated heterocycles. The zero-order chi connectivity index (χ0) is 14.8. The SMILES string of the molecule is [2H]C([2H])(NC(=O)c1ccccc1)C([2H])([2H])c1cnc[nH]1. The van der Waals surface area contributed by atoms with Gasteiger partial charge in [0.05, 0.1) is 6.33 Å². The van der Waals surface area contributed by atoms with Crippen molar-refractivity contribution in [3.8, 4) is 0 Å². The molecule has 0 aliphatic heterocycles. The Kier molecular flexibility index (Phi) is 2.07. The van der Waals surface area contributed by atoms with Crippen LogP contribution in [-0.2, 0) is 6.37 Å². The van der Waals surface area contributed by atoms with E-state index in [0.29, 0.717) is 0 Å². The van der Waals surface area contributed by atoms with Gasteiger partial charge >= 0.3 is 0 Å². The van der Waals surface area contributed by atoms with Crippen LogP contribution in [0, 0.1) is 0 Å². The third-order valence-electron chi connectivity index (χ3n) is 1.91. The predicted molar refractivity (Wildman–Crippen MR) is 61.1 cm³/mol. The van der Waals surface area contributed by atoms with Crippen molar-refractivity contribution >= 4 is 5.91 Å². The molecule has 0 atom stereocenters. The molecule has 4 heteroatoms. The second-order valence-corrected chi connectivity index (χ2v) is 3.04. The number of amides is 1. The second-order valence-electron chi connectivity index (χ2n) is 3.04. The molecule has 1 aromatic heterocycles. The van der Waals surface area contributed by atoms with Gasteiger partial charge in [0.2, 0.25) is 0 Å². The van der Waals surface area contributed by atoms with Crippen LogP contribution in [0.25, 0.3) is 0 Å². The van der Waals surface area contributed by atoms with E-state index in [1.54, 1.807) is 18.2 Å². The number of imidazole rings is 1. The summed E-state index contributed by atoms with van der Waals surface area (Å²) in [4.78, 5) is 18.1. The molecule has 0 saturated carbocycles. The minimum absolute atomic E-state index is 0.0455. The molecule has 2 rings (SSSR count). The Hall–Kier alpha value is -2.10. The fourth-order valence-corrected chi connectivity index (χ4v) is 1.14. The number of carbonyl (C=O) groups is 1. The number of H-pyrrole nitrogens is 1. The van der Waals surface area contributed by atoms with Crippen molar-refractivity contribution < 1.29 is 10.3 Å². The van der Waals surface area contributed by atoms with Gasteiger partial charge in [-0.3, -0.25) is 4.79 Å². The second kappa shape index (κ2) is 5.11. The maximum absolute atomic E-state index is 11.9. The van der Waals surface area contributed by atoms with Crippen LogP contribution in [0.15, 0.2) is 42.9 Å². The Morgan fingerprint density at radius 1 is 1.44 bits per heavy atom. The lowest BCUT2D eigenvalue weighted by molar-refractivity contribution is 0.0954. The van der Waals surface area contributed by atoms with Crippen molar-refractivity contribution in [1.82, 2.24) is 15.3 Å². The van der Waals surface area contributed by atoms with E-state index in [4.69, 9.17) is 5.48 Å². The fourth-order valence-electron chi connectivity index (χ4n) is 1.14. The zero-order valence-corrected chi connectivity index (χ0v) is 8.40. The monoisotopic (exact) mass is 219 g/mol. The van der Waals surface area contributed by atoms with E-state index in [1.165, 1.54) is 24.7 Å². The molecule has 0 aliphatic rings. The molecule has 0 aliphatic carbocycles. The molecule has 1 heterocycles. The predicted octanol–water partition coefficient (Wildman–Crippen LogP) is 1.38. The van der Waals surface area contributed by atoms with Gasteiger partial charge in [0.15, 0.2) is 0 Å². The Morgan fingerprint density at radius 2 is 2.25 bits per heavy atom. The molecule has 0 radical (unpaired) electrons. The molecule has 0 unspecified atom stereocenters. The van der Waals surface area contributed by atoms with Crippen LogP contribution in [0.1, 0.15) is 21.5 Å². The number of aromatic nitrogens is 2. The van der Waals surface area contributed by atoms with Crippen LogP contribution >= 0.6 is 0 Å². The van der Waals surface area contributed by atoms with Crippen molar-refractivity contribution in [3.05, 3.63) is 54.1 Å². The first-order valence-electron chi connectivity index (χ1n) is 6.71. The van der Waals surface area contributed by atoms with Crippen LogP contribution in [0.2, 0.25) is 0 Å². The van der Waals surface area contributed by atoms with Crippen molar-refractivity contribution in [3.63, 3.8) is 0 Å². The summed E-state index contributed by atoms with van der Waals surface area (Å²) in [7, 11) is 0. The first kappa shape index (κ1) is 6.48. The van der Waals surface area contributed by atoms with Crippen molar-refractivity contribution in [2.75, 3.05) is 6.50 Å². The first-order valence-corrected chi connectivity index (χ1v) is 4.71. The maximum atomic E-state index is 11.9. The van der Waals surface area contributed by atoms with Gasteiger partial charge < -0.3 is 10.3 Å². The summed E-state index contributed by atoms with van der Waals surface area (Å²) >= 11 is 0. The summed E-state index contributed by atoms with van der Waals surface area (Å²) in [6, 6.07) is 8.08. The number of nitrogens with one attached hydrogen (secondary N) is 2. The van der Waals surface area contributed by atoms with Gasteiger partial charge in [0.1, 0.15) is 0 Å². The van der Waals surface area contributed by atoms with E-state index in [2.05, 4.69) is 15.3 Å². The van der Waals surface area contributed by atoms with E-state index in [-0.39, 0.29) is 11.3 Å². The van der Waals surface area contributed by atoms with E-state index >= 15 is 0 Å². The molecule has 0 spiro atoms. The van der Waals surface area contributed by atoms with Crippen molar-refractivity contribution in [2.24, 2.45) is 0 Å². The summed E-state index contributed by atoms with van der Waals surface area (Å²) in [5.41, 5.74) is 0.215. The molecule has 0 fully saturated rings. The summed E-state index contributed by atoms with van der Waals surface area (Å²) in [5.74, 6) is -0.681. The van der Waals surface area contributed by atoms with E-state index in [0.717, 1.165) is 0 Å². The molecule has 2 N–H and O–H groups in total. The number of carbonyl (C=O) groups excluding carboxylic acids is 1. The van der Waals surface area contributed by atoms with Crippen LogP contribution in [0.5, 0.6) is 0 Å². The first-order chi connectivity index (χ1) is 9.34. The number of hydrogen-bond acceptors (Lipinski definition) is 2. The summed E-state index contributed by atoms with van der Waals surface area (Å²) in [5, 5.41) is 2.07. The minimum Gasteiger partial charge on any atom is -0.352 e. The topological polar surface area (TPSA) is 57.8 Å². The van der Waals surface area contributed by atoms with Crippen LogP contribution < -0.4 is 5.32 Å². The molecule has 2 aromatic rings. The van der Waals surface area contributed by atoms with E-state index < -0.39 is 18.8 Å². The quantitative estimate of drug-likeness (QED) is 0.816. The molecular weight excluding hydrogens is 202 g/mol.